The van der Waals surface area contributed by atoms with Crippen LogP contribution in [-0.2, 0) is 16.1 Å². The van der Waals surface area contributed by atoms with Crippen molar-refractivity contribution in [1.29, 1.82) is 0 Å². The minimum atomic E-state index is -0.443. The molecule has 0 fully saturated rings. The van der Waals surface area contributed by atoms with E-state index in [1.165, 1.54) is 11.8 Å². The summed E-state index contributed by atoms with van der Waals surface area (Å²) in [4.78, 5) is 37.6. The molecule has 0 saturated heterocycles. The number of rotatable bonds is 14. The number of anilines is 1. The molecule has 2 N–H and O–H groups in total. The Hall–Kier alpha value is -3.51. The van der Waals surface area contributed by atoms with Gasteiger partial charge in [-0.1, -0.05) is 17.8 Å². The molecule has 0 aliphatic rings. The van der Waals surface area contributed by atoms with E-state index < -0.39 is 5.97 Å². The van der Waals surface area contributed by atoms with E-state index in [1.807, 2.05) is 17.7 Å². The highest BCUT2D eigenvalue weighted by atomic mass is 32.2. The molecule has 3 rings (SSSR count). The van der Waals surface area contributed by atoms with Gasteiger partial charge in [-0.25, -0.2) is 4.79 Å². The smallest absolute Gasteiger partial charge is 0.338 e. The number of nitrogens with one attached hydrogen (secondary N) is 2. The van der Waals surface area contributed by atoms with Crippen molar-refractivity contribution in [2.75, 3.05) is 36.8 Å². The second-order valence-electron chi connectivity index (χ2n) is 8.26. The number of thioether (sulfide) groups is 2. The number of esters is 1. The van der Waals surface area contributed by atoms with Crippen LogP contribution in [0.5, 0.6) is 5.75 Å². The van der Waals surface area contributed by atoms with Gasteiger partial charge in [-0.2, -0.15) is 11.8 Å². The molecule has 1 atom stereocenters. The molecular weight excluding hydrogens is 538 g/mol. The van der Waals surface area contributed by atoms with Crippen LogP contribution in [-0.4, -0.2) is 64.0 Å². The second kappa shape index (κ2) is 15.2. The summed E-state index contributed by atoms with van der Waals surface area (Å²) in [7, 11) is 1.58. The van der Waals surface area contributed by atoms with Crippen molar-refractivity contribution in [3.05, 3.63) is 65.5 Å². The van der Waals surface area contributed by atoms with E-state index in [1.54, 1.807) is 74.3 Å². The molecule has 0 spiro atoms. The Bertz CT molecular complexity index is 1270. The SMILES string of the molecule is CCOC(=O)c1cccc(NC(=O)CSc2nnc([C@@H](CCSC)NC(=O)c3ccc(OC)cc3)n2CC)c1. The molecule has 39 heavy (non-hydrogen) atoms. The summed E-state index contributed by atoms with van der Waals surface area (Å²) in [5.74, 6) is 1.32. The van der Waals surface area contributed by atoms with E-state index in [0.717, 1.165) is 5.75 Å². The highest BCUT2D eigenvalue weighted by Crippen LogP contribution is 2.24. The average Bonchev–Trinajstić information content (AvgIpc) is 3.37. The Labute approximate surface area is 236 Å². The molecule has 10 nitrogen and oxygen atoms in total. The van der Waals surface area contributed by atoms with Gasteiger partial charge in [0.15, 0.2) is 11.0 Å². The summed E-state index contributed by atoms with van der Waals surface area (Å²) < 4.78 is 12.1. The lowest BCUT2D eigenvalue weighted by molar-refractivity contribution is -0.113. The number of methoxy groups -OCH3 is 1. The molecule has 208 valence electrons. The molecule has 0 aliphatic heterocycles. The van der Waals surface area contributed by atoms with E-state index in [4.69, 9.17) is 9.47 Å². The van der Waals surface area contributed by atoms with E-state index in [2.05, 4.69) is 20.8 Å². The summed E-state index contributed by atoms with van der Waals surface area (Å²) in [6, 6.07) is 13.2. The van der Waals surface area contributed by atoms with Crippen molar-refractivity contribution >= 4 is 47.0 Å². The number of carbonyl (C=O) groups is 3. The number of hydrogen-bond acceptors (Lipinski definition) is 9. The van der Waals surface area contributed by atoms with Crippen molar-refractivity contribution in [3.8, 4) is 5.75 Å². The number of nitrogens with zero attached hydrogens (tertiary/aromatic N) is 3. The Morgan fingerprint density at radius 3 is 2.49 bits per heavy atom. The van der Waals surface area contributed by atoms with Gasteiger partial charge in [-0.15, -0.1) is 10.2 Å². The minimum Gasteiger partial charge on any atom is -0.497 e. The quantitative estimate of drug-likeness (QED) is 0.213. The molecule has 0 radical (unpaired) electrons. The highest BCUT2D eigenvalue weighted by Gasteiger charge is 2.23. The van der Waals surface area contributed by atoms with Crippen LogP contribution >= 0.6 is 23.5 Å². The fourth-order valence-electron chi connectivity index (χ4n) is 3.71. The van der Waals surface area contributed by atoms with Crippen LogP contribution in [0.15, 0.2) is 53.7 Å². The fourth-order valence-corrected chi connectivity index (χ4v) is 4.99. The zero-order chi connectivity index (χ0) is 28.2. The molecular formula is C27H33N5O5S2. The van der Waals surface area contributed by atoms with Gasteiger partial charge in [0.05, 0.1) is 31.1 Å². The second-order valence-corrected chi connectivity index (χ2v) is 10.2. The minimum absolute atomic E-state index is 0.0927. The van der Waals surface area contributed by atoms with Gasteiger partial charge in [0.1, 0.15) is 5.75 Å². The molecule has 0 unspecified atom stereocenters. The van der Waals surface area contributed by atoms with Gasteiger partial charge in [0.2, 0.25) is 5.91 Å². The highest BCUT2D eigenvalue weighted by molar-refractivity contribution is 7.99. The largest absolute Gasteiger partial charge is 0.497 e. The first kappa shape index (κ1) is 30.0. The summed E-state index contributed by atoms with van der Waals surface area (Å²) in [6.07, 6.45) is 2.68. The number of hydrogen-bond donors (Lipinski definition) is 2. The van der Waals surface area contributed by atoms with E-state index in [0.29, 0.717) is 46.5 Å². The van der Waals surface area contributed by atoms with Crippen LogP contribution in [0.1, 0.15) is 52.9 Å². The lowest BCUT2D eigenvalue weighted by atomic mass is 10.1. The number of carbonyl (C=O) groups excluding carboxylic acids is 3. The van der Waals surface area contributed by atoms with Crippen LogP contribution in [0.3, 0.4) is 0 Å². The third-order valence-electron chi connectivity index (χ3n) is 5.63. The van der Waals surface area contributed by atoms with Gasteiger partial charge >= 0.3 is 5.97 Å². The van der Waals surface area contributed by atoms with Crippen LogP contribution in [0.25, 0.3) is 0 Å². The zero-order valence-electron chi connectivity index (χ0n) is 22.4. The first-order valence-electron chi connectivity index (χ1n) is 12.5. The van der Waals surface area contributed by atoms with E-state index >= 15 is 0 Å². The van der Waals surface area contributed by atoms with Gasteiger partial charge < -0.3 is 24.7 Å². The van der Waals surface area contributed by atoms with E-state index in [9.17, 15) is 14.4 Å². The molecule has 0 saturated carbocycles. The monoisotopic (exact) mass is 571 g/mol. The number of ether oxygens (including phenoxy) is 2. The van der Waals surface area contributed by atoms with Crippen LogP contribution < -0.4 is 15.4 Å². The van der Waals surface area contributed by atoms with Gasteiger partial charge in [0.25, 0.3) is 5.91 Å². The molecule has 2 amide bonds. The topological polar surface area (TPSA) is 124 Å². The summed E-state index contributed by atoms with van der Waals surface area (Å²) in [6.45, 7) is 4.55. The maximum atomic E-state index is 13.0. The van der Waals surface area contributed by atoms with Crippen LogP contribution in [0, 0.1) is 0 Å². The predicted molar refractivity (Wildman–Crippen MR) is 154 cm³/mol. The lowest BCUT2D eigenvalue weighted by Crippen LogP contribution is -2.31. The van der Waals surface area contributed by atoms with E-state index in [-0.39, 0.29) is 30.2 Å². The molecule has 0 aliphatic carbocycles. The molecule has 3 aromatic rings. The number of benzene rings is 2. The molecule has 0 bridgehead atoms. The third-order valence-corrected chi connectivity index (χ3v) is 7.24. The zero-order valence-corrected chi connectivity index (χ0v) is 24.1. The van der Waals surface area contributed by atoms with Gasteiger partial charge in [-0.3, -0.25) is 9.59 Å². The van der Waals surface area contributed by atoms with Crippen molar-refractivity contribution in [2.45, 2.75) is 38.0 Å². The normalized spacial score (nSPS) is 11.5. The summed E-state index contributed by atoms with van der Waals surface area (Å²) in [5.41, 5.74) is 1.39. The fraction of sp³-hybridized carbons (Fsp3) is 0.370. The maximum absolute atomic E-state index is 13.0. The van der Waals surface area contributed by atoms with Crippen molar-refractivity contribution in [2.24, 2.45) is 0 Å². The first-order chi connectivity index (χ1) is 18.9. The number of aromatic nitrogens is 3. The Morgan fingerprint density at radius 1 is 1.05 bits per heavy atom. The Balaban J connectivity index is 1.68. The third kappa shape index (κ3) is 8.49. The molecule has 12 heteroatoms. The molecule has 1 heterocycles. The van der Waals surface area contributed by atoms with Crippen molar-refractivity contribution in [3.63, 3.8) is 0 Å². The first-order valence-corrected chi connectivity index (χ1v) is 14.8. The predicted octanol–water partition coefficient (Wildman–Crippen LogP) is 4.44. The Kier molecular flexibility index (Phi) is 11.7. The van der Waals surface area contributed by atoms with Crippen molar-refractivity contribution in [1.82, 2.24) is 20.1 Å². The van der Waals surface area contributed by atoms with Crippen molar-refractivity contribution < 1.29 is 23.9 Å². The maximum Gasteiger partial charge on any atom is 0.338 e. The number of amides is 2. The van der Waals surface area contributed by atoms with Crippen LogP contribution in [0.2, 0.25) is 0 Å². The molecule has 2 aromatic carbocycles. The van der Waals surface area contributed by atoms with Crippen LogP contribution in [0.4, 0.5) is 5.69 Å². The van der Waals surface area contributed by atoms with Gasteiger partial charge in [0, 0.05) is 17.8 Å². The Morgan fingerprint density at radius 2 is 1.82 bits per heavy atom. The summed E-state index contributed by atoms with van der Waals surface area (Å²) >= 11 is 2.93. The van der Waals surface area contributed by atoms with Gasteiger partial charge in [-0.05, 0) is 74.7 Å². The summed E-state index contributed by atoms with van der Waals surface area (Å²) in [5, 5.41) is 15.2. The molecule has 1 aromatic heterocycles. The average molecular weight is 572 g/mol. The standard InChI is InChI=1S/C27H33N5O5S2/c1-5-32-24(22(14-15-38-4)29-25(34)18-10-12-21(36-3)13-11-18)30-31-27(32)39-17-23(33)28-20-9-7-8-19(16-20)26(35)37-6-2/h7-13,16,22H,5-6,14-15,17H2,1-4H3,(H,28,33)(H,29,34)/t22-/m1/s1. The lowest BCUT2D eigenvalue weighted by Gasteiger charge is -2.19.